The van der Waals surface area contributed by atoms with Gasteiger partial charge in [0.2, 0.25) is 0 Å². The van der Waals surface area contributed by atoms with Gasteiger partial charge in [-0.3, -0.25) is 0 Å². The lowest BCUT2D eigenvalue weighted by Crippen LogP contribution is -2.30. The molecule has 0 spiro atoms. The van der Waals surface area contributed by atoms with Gasteiger partial charge in [-0.2, -0.15) is 0 Å². The fraction of sp³-hybridized carbons (Fsp3) is 1.00. The molecule has 154 valence electrons. The number of ether oxygens (including phenoxy) is 1. The molecule has 0 unspecified atom stereocenters. The van der Waals surface area contributed by atoms with E-state index in [1.54, 1.807) is 0 Å². The summed E-state index contributed by atoms with van der Waals surface area (Å²) in [5.74, 6) is 0. The van der Waals surface area contributed by atoms with E-state index in [9.17, 15) is 0 Å². The second-order valence-electron chi connectivity index (χ2n) is 8.60. The van der Waals surface area contributed by atoms with Gasteiger partial charge in [0.15, 0.2) is 0 Å². The summed E-state index contributed by atoms with van der Waals surface area (Å²) < 4.78 is 5.95. The first-order valence-electron chi connectivity index (χ1n) is 12.0. The van der Waals surface area contributed by atoms with Crippen LogP contribution in [0.4, 0.5) is 0 Å². The fourth-order valence-corrected chi connectivity index (χ4v) is 4.44. The van der Waals surface area contributed by atoms with E-state index in [0.29, 0.717) is 0 Å². The van der Waals surface area contributed by atoms with Crippen LogP contribution in [0.1, 0.15) is 96.3 Å². The van der Waals surface area contributed by atoms with Gasteiger partial charge >= 0.3 is 0 Å². The molecule has 3 heteroatoms. The normalized spacial score (nSPS) is 30.5. The summed E-state index contributed by atoms with van der Waals surface area (Å²) >= 11 is 0. The van der Waals surface area contributed by atoms with E-state index < -0.39 is 0 Å². The van der Waals surface area contributed by atoms with Gasteiger partial charge < -0.3 is 14.5 Å². The number of nitrogens with zero attached hydrogens (tertiary/aromatic N) is 2. The van der Waals surface area contributed by atoms with Crippen molar-refractivity contribution in [3.8, 4) is 0 Å². The molecule has 3 nitrogen and oxygen atoms in total. The van der Waals surface area contributed by atoms with Crippen molar-refractivity contribution in [1.82, 2.24) is 9.80 Å². The molecule has 0 saturated carbocycles. The molecule has 0 aromatic heterocycles. The molecule has 3 heterocycles. The molecule has 26 heavy (non-hydrogen) atoms. The molecule has 2 bridgehead atoms. The SMILES string of the molecule is C1CCCCN2CCCCCCCCN(CCC1)CCCCCOCC2. The van der Waals surface area contributed by atoms with Crippen LogP contribution >= 0.6 is 0 Å². The molecule has 3 fully saturated rings. The van der Waals surface area contributed by atoms with E-state index in [4.69, 9.17) is 4.74 Å². The average molecular weight is 367 g/mol. The largest absolute Gasteiger partial charge is 0.380 e. The van der Waals surface area contributed by atoms with E-state index in [-0.39, 0.29) is 0 Å². The topological polar surface area (TPSA) is 15.7 Å². The molecule has 0 aromatic rings. The minimum atomic E-state index is 0.937. The third-order valence-electron chi connectivity index (χ3n) is 6.21. The monoisotopic (exact) mass is 366 g/mol. The summed E-state index contributed by atoms with van der Waals surface area (Å²) in [5, 5.41) is 0. The van der Waals surface area contributed by atoms with Crippen LogP contribution in [0.3, 0.4) is 0 Å². The molecule has 3 saturated heterocycles. The highest BCUT2D eigenvalue weighted by Gasteiger charge is 2.08. The first-order valence-corrected chi connectivity index (χ1v) is 12.0. The number of hydrogen-bond donors (Lipinski definition) is 0. The molecule has 0 aromatic carbocycles. The third kappa shape index (κ3) is 11.6. The van der Waals surface area contributed by atoms with E-state index in [1.165, 1.54) is 129 Å². The molecular weight excluding hydrogens is 320 g/mol. The maximum Gasteiger partial charge on any atom is 0.0593 e. The van der Waals surface area contributed by atoms with Crippen LogP contribution in [0.2, 0.25) is 0 Å². The predicted octanol–water partition coefficient (Wildman–Crippen LogP) is 5.49. The third-order valence-corrected chi connectivity index (χ3v) is 6.21. The van der Waals surface area contributed by atoms with Crippen LogP contribution in [-0.4, -0.2) is 62.3 Å². The molecular formula is C23H46N2O. The van der Waals surface area contributed by atoms with E-state index in [2.05, 4.69) is 9.80 Å². The second kappa shape index (κ2) is 15.9. The Morgan fingerprint density at radius 3 is 1.12 bits per heavy atom. The lowest BCUT2D eigenvalue weighted by Gasteiger charge is -2.24. The molecule has 3 aliphatic heterocycles. The van der Waals surface area contributed by atoms with Gasteiger partial charge in [0.05, 0.1) is 6.61 Å². The Morgan fingerprint density at radius 1 is 0.308 bits per heavy atom. The molecule has 0 atom stereocenters. The lowest BCUT2D eigenvalue weighted by molar-refractivity contribution is 0.0982. The standard InChI is InChI=1S/C23H46N2O/c1-3-7-12-19-25-20-13-8-4-2-6-11-17-24(16-10-5-1)18-14-9-15-22-26-23-21-25/h1-23H2. The highest BCUT2D eigenvalue weighted by Crippen LogP contribution is 2.12. The van der Waals surface area contributed by atoms with Crippen LogP contribution in [-0.2, 0) is 4.74 Å². The van der Waals surface area contributed by atoms with E-state index in [0.717, 1.165) is 19.8 Å². The molecule has 0 aliphatic carbocycles. The first-order chi connectivity index (χ1) is 12.9. The van der Waals surface area contributed by atoms with Gasteiger partial charge in [-0.1, -0.05) is 51.4 Å². The lowest BCUT2D eigenvalue weighted by atomic mass is 10.1. The smallest absolute Gasteiger partial charge is 0.0593 e. The zero-order chi connectivity index (χ0) is 18.1. The minimum absolute atomic E-state index is 0.937. The van der Waals surface area contributed by atoms with Crippen molar-refractivity contribution in [2.75, 3.05) is 52.5 Å². The molecule has 3 aliphatic rings. The molecule has 0 N–H and O–H groups in total. The van der Waals surface area contributed by atoms with Crippen molar-refractivity contribution < 1.29 is 4.74 Å². The maximum atomic E-state index is 5.95. The maximum absolute atomic E-state index is 5.95. The van der Waals surface area contributed by atoms with Crippen LogP contribution in [0, 0.1) is 0 Å². The Hall–Kier alpha value is -0.120. The van der Waals surface area contributed by atoms with Gasteiger partial charge in [-0.25, -0.2) is 0 Å². The number of rotatable bonds is 0. The Labute approximate surface area is 163 Å². The average Bonchev–Trinajstić information content (AvgIpc) is 2.65. The van der Waals surface area contributed by atoms with Crippen molar-refractivity contribution in [3.05, 3.63) is 0 Å². The Morgan fingerprint density at radius 2 is 0.654 bits per heavy atom. The van der Waals surface area contributed by atoms with Crippen LogP contribution in [0.5, 0.6) is 0 Å². The Kier molecular flexibility index (Phi) is 13.6. The van der Waals surface area contributed by atoms with Crippen molar-refractivity contribution in [3.63, 3.8) is 0 Å². The van der Waals surface area contributed by atoms with E-state index in [1.807, 2.05) is 0 Å². The Balaban J connectivity index is 1.87. The summed E-state index contributed by atoms with van der Waals surface area (Å²) in [6, 6.07) is 0. The summed E-state index contributed by atoms with van der Waals surface area (Å²) in [4.78, 5) is 5.45. The summed E-state index contributed by atoms with van der Waals surface area (Å²) in [6.45, 7) is 9.62. The van der Waals surface area contributed by atoms with Crippen molar-refractivity contribution in [2.24, 2.45) is 0 Å². The molecule has 0 amide bonds. The quantitative estimate of drug-likeness (QED) is 0.564. The first kappa shape index (κ1) is 22.2. The highest BCUT2D eigenvalue weighted by molar-refractivity contribution is 4.63. The highest BCUT2D eigenvalue weighted by atomic mass is 16.5. The second-order valence-corrected chi connectivity index (χ2v) is 8.60. The fourth-order valence-electron chi connectivity index (χ4n) is 4.44. The van der Waals surface area contributed by atoms with Crippen molar-refractivity contribution in [2.45, 2.75) is 96.3 Å². The van der Waals surface area contributed by atoms with Crippen LogP contribution in [0.15, 0.2) is 0 Å². The number of hydrogen-bond acceptors (Lipinski definition) is 3. The Bertz CT molecular complexity index is 233. The van der Waals surface area contributed by atoms with Gasteiger partial charge in [-0.15, -0.1) is 0 Å². The summed E-state index contributed by atoms with van der Waals surface area (Å²) in [6.07, 6.45) is 21.0. The summed E-state index contributed by atoms with van der Waals surface area (Å²) in [7, 11) is 0. The van der Waals surface area contributed by atoms with Crippen LogP contribution < -0.4 is 0 Å². The summed E-state index contributed by atoms with van der Waals surface area (Å²) in [5.41, 5.74) is 0. The van der Waals surface area contributed by atoms with Crippen molar-refractivity contribution >= 4 is 0 Å². The van der Waals surface area contributed by atoms with Gasteiger partial charge in [-0.05, 0) is 77.7 Å². The van der Waals surface area contributed by atoms with E-state index >= 15 is 0 Å². The van der Waals surface area contributed by atoms with Crippen LogP contribution in [0.25, 0.3) is 0 Å². The van der Waals surface area contributed by atoms with Gasteiger partial charge in [0.1, 0.15) is 0 Å². The predicted molar refractivity (Wildman–Crippen MR) is 113 cm³/mol. The minimum Gasteiger partial charge on any atom is -0.380 e. The van der Waals surface area contributed by atoms with Gasteiger partial charge in [0.25, 0.3) is 0 Å². The zero-order valence-electron chi connectivity index (χ0n) is 17.6. The molecule has 3 rings (SSSR count). The number of fused-ring (bicyclic) bond motifs is 21. The zero-order valence-corrected chi connectivity index (χ0v) is 17.6. The van der Waals surface area contributed by atoms with Gasteiger partial charge in [0, 0.05) is 13.2 Å². The van der Waals surface area contributed by atoms with Crippen molar-refractivity contribution in [1.29, 1.82) is 0 Å². The molecule has 0 radical (unpaired) electrons.